The molecule has 0 fully saturated rings. The Bertz CT molecular complexity index is 419. The minimum atomic E-state index is -0.508. The summed E-state index contributed by atoms with van der Waals surface area (Å²) in [6.45, 7) is 3.53. The summed E-state index contributed by atoms with van der Waals surface area (Å²) < 4.78 is 0. The number of hydrogen-bond acceptors (Lipinski definition) is 3. The van der Waals surface area contributed by atoms with Crippen LogP contribution in [0.3, 0.4) is 0 Å². The fourth-order valence-electron chi connectivity index (χ4n) is 1.84. The number of H-pyrrole nitrogens is 1. The number of aromatic nitrogens is 3. The van der Waals surface area contributed by atoms with E-state index in [-0.39, 0.29) is 11.7 Å². The highest BCUT2D eigenvalue weighted by Gasteiger charge is 2.38. The molecular formula is C11H13N3O. The van der Waals surface area contributed by atoms with Crippen LogP contribution in [-0.4, -0.2) is 21.2 Å². The molecule has 15 heavy (non-hydrogen) atoms. The van der Waals surface area contributed by atoms with Gasteiger partial charge in [-0.15, -0.1) is 5.10 Å². The van der Waals surface area contributed by atoms with Crippen LogP contribution < -0.4 is 0 Å². The number of carbonyl (C=O) groups is 1. The molecule has 0 radical (unpaired) electrons. The highest BCUT2D eigenvalue weighted by molar-refractivity contribution is 5.86. The van der Waals surface area contributed by atoms with Crippen LogP contribution in [0.15, 0.2) is 30.5 Å². The number of aromatic amines is 1. The number of nitrogens with one attached hydrogen (secondary N) is 1. The third kappa shape index (κ3) is 1.52. The first-order valence-electron chi connectivity index (χ1n) is 4.88. The van der Waals surface area contributed by atoms with Crippen molar-refractivity contribution < 1.29 is 4.79 Å². The summed E-state index contributed by atoms with van der Waals surface area (Å²) in [5.74, 6) is 0.106. The van der Waals surface area contributed by atoms with Gasteiger partial charge in [-0.3, -0.25) is 9.89 Å². The van der Waals surface area contributed by atoms with Crippen molar-refractivity contribution in [3.05, 3.63) is 36.2 Å². The van der Waals surface area contributed by atoms with Crippen molar-refractivity contribution in [2.24, 2.45) is 5.41 Å². The molecule has 1 aromatic heterocycles. The van der Waals surface area contributed by atoms with Crippen LogP contribution in [0.25, 0.3) is 0 Å². The molecule has 1 aliphatic carbocycles. The highest BCUT2D eigenvalue weighted by Crippen LogP contribution is 2.40. The lowest BCUT2D eigenvalue weighted by Crippen LogP contribution is -2.31. The number of rotatable bonds is 2. The number of ketones is 1. The Morgan fingerprint density at radius 1 is 1.53 bits per heavy atom. The number of nitrogens with zero attached hydrogens (tertiary/aromatic N) is 2. The molecule has 1 aromatic rings. The number of allylic oxidation sites excluding steroid dienone is 4. The molecule has 2 atom stereocenters. The van der Waals surface area contributed by atoms with Crippen molar-refractivity contribution in [3.63, 3.8) is 0 Å². The van der Waals surface area contributed by atoms with Crippen molar-refractivity contribution >= 4 is 5.78 Å². The Hall–Kier alpha value is -1.71. The average Bonchev–Trinajstić information content (AvgIpc) is 2.71. The minimum absolute atomic E-state index is 0.0289. The van der Waals surface area contributed by atoms with Gasteiger partial charge in [0.25, 0.3) is 0 Å². The molecule has 0 spiro atoms. The molecule has 2 rings (SSSR count). The maximum absolute atomic E-state index is 11.7. The molecule has 1 heterocycles. The van der Waals surface area contributed by atoms with E-state index in [2.05, 4.69) is 15.4 Å². The Labute approximate surface area is 88.1 Å². The third-order valence-electron chi connectivity index (χ3n) is 3.02. The Morgan fingerprint density at radius 2 is 2.33 bits per heavy atom. The minimum Gasteiger partial charge on any atom is -0.299 e. The molecule has 0 saturated carbocycles. The zero-order valence-corrected chi connectivity index (χ0v) is 8.77. The Kier molecular flexibility index (Phi) is 2.26. The molecule has 2 unspecified atom stereocenters. The maximum atomic E-state index is 11.7. The smallest absolute Gasteiger partial charge is 0.140 e. The summed E-state index contributed by atoms with van der Waals surface area (Å²) in [5.41, 5.74) is 0.291. The van der Waals surface area contributed by atoms with Crippen LogP contribution in [0.2, 0.25) is 0 Å². The van der Waals surface area contributed by atoms with E-state index < -0.39 is 5.41 Å². The average molecular weight is 203 g/mol. The van der Waals surface area contributed by atoms with Crippen LogP contribution in [0.5, 0.6) is 0 Å². The van der Waals surface area contributed by atoms with Gasteiger partial charge in [-0.1, -0.05) is 29.5 Å². The molecular weight excluding hydrogens is 190 g/mol. The molecule has 1 aliphatic rings. The topological polar surface area (TPSA) is 58.6 Å². The first-order chi connectivity index (χ1) is 7.14. The molecule has 0 amide bonds. The standard InChI is InChI=1S/C11H13N3O/c1-8(15)11(2)6-4-3-5-9(11)10-7-12-14-13-10/h3-7,9H,1-2H3,(H,12,13,14). The lowest BCUT2D eigenvalue weighted by molar-refractivity contribution is -0.124. The first kappa shape index (κ1) is 9.83. The van der Waals surface area contributed by atoms with Crippen molar-refractivity contribution in [3.8, 4) is 0 Å². The zero-order chi connectivity index (χ0) is 10.9. The SMILES string of the molecule is CC(=O)C1(C)C=CC=CC1c1c[nH]nn1. The van der Waals surface area contributed by atoms with E-state index in [1.54, 1.807) is 13.1 Å². The monoisotopic (exact) mass is 203 g/mol. The van der Waals surface area contributed by atoms with Crippen LogP contribution in [0, 0.1) is 5.41 Å². The first-order valence-corrected chi connectivity index (χ1v) is 4.88. The quantitative estimate of drug-likeness (QED) is 0.794. The van der Waals surface area contributed by atoms with E-state index in [0.29, 0.717) is 0 Å². The van der Waals surface area contributed by atoms with Gasteiger partial charge < -0.3 is 0 Å². The van der Waals surface area contributed by atoms with Crippen molar-refractivity contribution in [1.82, 2.24) is 15.4 Å². The Balaban J connectivity index is 2.42. The van der Waals surface area contributed by atoms with Crippen LogP contribution in [0.1, 0.15) is 25.5 Å². The molecule has 4 heteroatoms. The van der Waals surface area contributed by atoms with E-state index in [9.17, 15) is 4.79 Å². The molecule has 4 nitrogen and oxygen atoms in total. The van der Waals surface area contributed by atoms with E-state index in [1.807, 2.05) is 31.2 Å². The van der Waals surface area contributed by atoms with Crippen LogP contribution in [-0.2, 0) is 4.79 Å². The van der Waals surface area contributed by atoms with Gasteiger partial charge in [-0.05, 0) is 13.8 Å². The normalized spacial score (nSPS) is 29.3. The second-order valence-corrected chi connectivity index (χ2v) is 3.96. The van der Waals surface area contributed by atoms with Gasteiger partial charge in [0.05, 0.1) is 11.1 Å². The predicted octanol–water partition coefficient (Wildman–Crippen LogP) is 1.61. The predicted molar refractivity (Wildman–Crippen MR) is 56.2 cm³/mol. The highest BCUT2D eigenvalue weighted by atomic mass is 16.1. The summed E-state index contributed by atoms with van der Waals surface area (Å²) in [4.78, 5) is 11.7. The lowest BCUT2D eigenvalue weighted by atomic mass is 9.70. The van der Waals surface area contributed by atoms with Crippen molar-refractivity contribution in [2.75, 3.05) is 0 Å². The van der Waals surface area contributed by atoms with Gasteiger partial charge in [0.1, 0.15) is 5.78 Å². The van der Waals surface area contributed by atoms with Crippen LogP contribution >= 0.6 is 0 Å². The third-order valence-corrected chi connectivity index (χ3v) is 3.02. The number of carbonyl (C=O) groups excluding carboxylic acids is 1. The van der Waals surface area contributed by atoms with Gasteiger partial charge in [0, 0.05) is 12.1 Å². The molecule has 0 saturated heterocycles. The summed E-state index contributed by atoms with van der Waals surface area (Å²) in [6, 6.07) is 0. The van der Waals surface area contributed by atoms with Gasteiger partial charge in [-0.2, -0.15) is 0 Å². The second-order valence-electron chi connectivity index (χ2n) is 3.96. The Morgan fingerprint density at radius 3 is 2.93 bits per heavy atom. The van der Waals surface area contributed by atoms with E-state index in [4.69, 9.17) is 0 Å². The summed E-state index contributed by atoms with van der Waals surface area (Å²) in [5, 5.41) is 10.3. The molecule has 0 aromatic carbocycles. The summed E-state index contributed by atoms with van der Waals surface area (Å²) >= 11 is 0. The fourth-order valence-corrected chi connectivity index (χ4v) is 1.84. The van der Waals surface area contributed by atoms with E-state index in [1.165, 1.54) is 0 Å². The number of hydrogen-bond donors (Lipinski definition) is 1. The summed E-state index contributed by atoms with van der Waals surface area (Å²) in [7, 11) is 0. The molecule has 1 N–H and O–H groups in total. The number of Topliss-reactive ketones (excluding diaryl/α,β-unsaturated/α-hetero) is 1. The van der Waals surface area contributed by atoms with E-state index >= 15 is 0 Å². The molecule has 0 aliphatic heterocycles. The summed E-state index contributed by atoms with van der Waals surface area (Å²) in [6.07, 6.45) is 9.48. The van der Waals surface area contributed by atoms with Gasteiger partial charge >= 0.3 is 0 Å². The molecule has 0 bridgehead atoms. The largest absolute Gasteiger partial charge is 0.299 e. The van der Waals surface area contributed by atoms with Crippen molar-refractivity contribution in [1.29, 1.82) is 0 Å². The van der Waals surface area contributed by atoms with Gasteiger partial charge in [-0.25, -0.2) is 0 Å². The lowest BCUT2D eigenvalue weighted by Gasteiger charge is -2.31. The maximum Gasteiger partial charge on any atom is 0.140 e. The van der Waals surface area contributed by atoms with Crippen molar-refractivity contribution in [2.45, 2.75) is 19.8 Å². The second kappa shape index (κ2) is 3.46. The van der Waals surface area contributed by atoms with Crippen LogP contribution in [0.4, 0.5) is 0 Å². The van der Waals surface area contributed by atoms with Gasteiger partial charge in [0.2, 0.25) is 0 Å². The molecule has 78 valence electrons. The zero-order valence-electron chi connectivity index (χ0n) is 8.77. The van der Waals surface area contributed by atoms with E-state index in [0.717, 1.165) is 5.69 Å². The van der Waals surface area contributed by atoms with Gasteiger partial charge in [0.15, 0.2) is 0 Å². The fraction of sp³-hybridized carbons (Fsp3) is 0.364.